The Morgan fingerprint density at radius 2 is 1.86 bits per heavy atom. The van der Waals surface area contributed by atoms with Crippen LogP contribution in [0, 0.1) is 0 Å². The molecule has 192 valence electrons. The van der Waals surface area contributed by atoms with E-state index in [4.69, 9.17) is 25.1 Å². The number of ether oxygens (including phenoxy) is 3. The second-order valence-electron chi connectivity index (χ2n) is 8.29. The molecule has 0 saturated carbocycles. The quantitative estimate of drug-likeness (QED) is 0.298. The average molecular weight is 498 g/mol. The van der Waals surface area contributed by atoms with Gasteiger partial charge in [0.05, 0.1) is 31.6 Å². The first-order chi connectivity index (χ1) is 17.5. The number of carboxylic acid groups (broad SMARTS) is 1. The number of nitrogens with two attached hydrogens (primary N) is 1. The summed E-state index contributed by atoms with van der Waals surface area (Å²) >= 11 is 0. The van der Waals surface area contributed by atoms with Gasteiger partial charge >= 0.3 is 6.09 Å². The van der Waals surface area contributed by atoms with Crippen LogP contribution in [0.25, 0.3) is 22.4 Å². The van der Waals surface area contributed by atoms with Gasteiger partial charge in [0.15, 0.2) is 12.6 Å². The van der Waals surface area contributed by atoms with E-state index in [1.807, 2.05) is 36.5 Å². The number of nitrogen functional groups attached to an aromatic ring is 1. The Labute approximate surface area is 209 Å². The first kappa shape index (κ1) is 25.4. The zero-order valence-electron chi connectivity index (χ0n) is 20.2. The topological polar surface area (TPSA) is 141 Å². The van der Waals surface area contributed by atoms with Crippen molar-refractivity contribution in [3.05, 3.63) is 42.7 Å². The van der Waals surface area contributed by atoms with Crippen LogP contribution in [-0.4, -0.2) is 101 Å². The van der Waals surface area contributed by atoms with Crippen LogP contribution in [0.15, 0.2) is 42.7 Å². The van der Waals surface area contributed by atoms with Crippen LogP contribution in [-0.2, 0) is 16.0 Å². The number of amides is 1. The maximum Gasteiger partial charge on any atom is 0.407 e. The average Bonchev–Trinajstić information content (AvgIpc) is 3.37. The summed E-state index contributed by atoms with van der Waals surface area (Å²) in [7, 11) is 1.57. The van der Waals surface area contributed by atoms with E-state index in [1.165, 1.54) is 4.90 Å². The van der Waals surface area contributed by atoms with Crippen LogP contribution in [0.2, 0.25) is 0 Å². The number of aromatic nitrogens is 4. The van der Waals surface area contributed by atoms with E-state index < -0.39 is 6.09 Å². The molecule has 2 aromatic heterocycles. The highest BCUT2D eigenvalue weighted by Gasteiger charge is 2.19. The molecule has 3 N–H and O–H groups in total. The molecule has 4 rings (SSSR count). The van der Waals surface area contributed by atoms with Gasteiger partial charge in [-0.05, 0) is 18.2 Å². The Bertz CT molecular complexity index is 1150. The minimum Gasteiger partial charge on any atom is -0.467 e. The van der Waals surface area contributed by atoms with Crippen molar-refractivity contribution in [2.45, 2.75) is 6.54 Å². The number of benzene rings is 1. The number of hydrogen-bond donors (Lipinski definition) is 2. The van der Waals surface area contributed by atoms with Crippen molar-refractivity contribution in [3.63, 3.8) is 0 Å². The van der Waals surface area contributed by atoms with Crippen LogP contribution in [0.3, 0.4) is 0 Å². The number of piperazine rings is 1. The monoisotopic (exact) mass is 497 g/mol. The molecular formula is C24H31N7O5. The summed E-state index contributed by atoms with van der Waals surface area (Å²) in [6, 6.07) is 9.41. The van der Waals surface area contributed by atoms with E-state index in [2.05, 4.69) is 20.2 Å². The van der Waals surface area contributed by atoms with Gasteiger partial charge in [0.2, 0.25) is 0 Å². The zero-order valence-corrected chi connectivity index (χ0v) is 20.2. The summed E-state index contributed by atoms with van der Waals surface area (Å²) < 4.78 is 18.2. The van der Waals surface area contributed by atoms with Crippen LogP contribution in [0.1, 0.15) is 0 Å². The second kappa shape index (κ2) is 12.3. The van der Waals surface area contributed by atoms with Crippen molar-refractivity contribution in [1.29, 1.82) is 0 Å². The fraction of sp³-hybridized carbons (Fsp3) is 0.417. The Hall–Kier alpha value is -3.74. The lowest BCUT2D eigenvalue weighted by Crippen LogP contribution is -2.49. The smallest absolute Gasteiger partial charge is 0.407 e. The molecule has 0 aliphatic carbocycles. The predicted molar refractivity (Wildman–Crippen MR) is 132 cm³/mol. The first-order valence-corrected chi connectivity index (χ1v) is 11.7. The van der Waals surface area contributed by atoms with Gasteiger partial charge in [0.1, 0.15) is 5.75 Å². The number of anilines is 1. The summed E-state index contributed by atoms with van der Waals surface area (Å²) in [6.45, 7) is 5.10. The minimum atomic E-state index is -0.856. The summed E-state index contributed by atoms with van der Waals surface area (Å²) in [6.07, 6.45) is 2.79. The number of para-hydroxylation sites is 1. The minimum absolute atomic E-state index is 0.127. The molecule has 1 aliphatic rings. The van der Waals surface area contributed by atoms with Gasteiger partial charge in [0.25, 0.3) is 0 Å². The molecule has 0 spiro atoms. The first-order valence-electron chi connectivity index (χ1n) is 11.7. The van der Waals surface area contributed by atoms with Gasteiger partial charge in [-0.3, -0.25) is 9.58 Å². The summed E-state index contributed by atoms with van der Waals surface area (Å²) in [4.78, 5) is 14.6. The number of carbonyl (C=O) groups is 1. The van der Waals surface area contributed by atoms with Crippen LogP contribution < -0.4 is 10.5 Å². The molecule has 1 fully saturated rings. The normalized spacial score (nSPS) is 14.2. The van der Waals surface area contributed by atoms with Gasteiger partial charge in [-0.25, -0.2) is 4.79 Å². The Kier molecular flexibility index (Phi) is 8.66. The molecule has 1 aliphatic heterocycles. The van der Waals surface area contributed by atoms with Gasteiger partial charge in [-0.15, -0.1) is 10.2 Å². The second-order valence-corrected chi connectivity index (χ2v) is 8.29. The third-order valence-electron chi connectivity index (χ3n) is 5.92. The predicted octanol–water partition coefficient (Wildman–Crippen LogP) is 1.88. The summed E-state index contributed by atoms with van der Waals surface area (Å²) in [5, 5.41) is 21.9. The fourth-order valence-electron chi connectivity index (χ4n) is 3.93. The third-order valence-corrected chi connectivity index (χ3v) is 5.92. The molecule has 0 bridgehead atoms. The highest BCUT2D eigenvalue weighted by molar-refractivity contribution is 5.78. The number of hydrogen-bond acceptors (Lipinski definition) is 9. The van der Waals surface area contributed by atoms with E-state index in [1.54, 1.807) is 18.0 Å². The van der Waals surface area contributed by atoms with Crippen LogP contribution in [0.4, 0.5) is 10.6 Å². The van der Waals surface area contributed by atoms with Crippen molar-refractivity contribution in [2.24, 2.45) is 0 Å². The van der Waals surface area contributed by atoms with Crippen LogP contribution in [0.5, 0.6) is 5.75 Å². The molecule has 1 aromatic carbocycles. The van der Waals surface area contributed by atoms with Gasteiger partial charge in [0, 0.05) is 62.7 Å². The van der Waals surface area contributed by atoms with E-state index in [0.29, 0.717) is 50.1 Å². The molecule has 1 saturated heterocycles. The molecule has 0 radical (unpaired) electrons. The van der Waals surface area contributed by atoms with E-state index in [-0.39, 0.29) is 6.79 Å². The lowest BCUT2D eigenvalue weighted by atomic mass is 10.1. The summed E-state index contributed by atoms with van der Waals surface area (Å²) in [5.41, 5.74) is 9.11. The van der Waals surface area contributed by atoms with Crippen LogP contribution >= 0.6 is 0 Å². The van der Waals surface area contributed by atoms with E-state index in [9.17, 15) is 4.79 Å². The Balaban J connectivity index is 1.31. The largest absolute Gasteiger partial charge is 0.467 e. The molecule has 3 aromatic rings. The number of rotatable bonds is 11. The van der Waals surface area contributed by atoms with Gasteiger partial charge in [-0.1, -0.05) is 12.1 Å². The molecule has 36 heavy (non-hydrogen) atoms. The third kappa shape index (κ3) is 6.47. The lowest BCUT2D eigenvalue weighted by Gasteiger charge is -2.32. The number of nitrogens with zero attached hydrogens (tertiary/aromatic N) is 6. The fourth-order valence-corrected chi connectivity index (χ4v) is 3.93. The zero-order chi connectivity index (χ0) is 25.3. The molecule has 12 nitrogen and oxygen atoms in total. The Morgan fingerprint density at radius 3 is 2.64 bits per heavy atom. The Morgan fingerprint density at radius 1 is 1.08 bits per heavy atom. The summed E-state index contributed by atoms with van der Waals surface area (Å²) in [5.74, 6) is 0.953. The molecule has 12 heteroatoms. The van der Waals surface area contributed by atoms with Crippen molar-refractivity contribution >= 4 is 11.9 Å². The van der Waals surface area contributed by atoms with E-state index >= 15 is 0 Å². The molecule has 1 amide bonds. The molecule has 0 unspecified atom stereocenters. The van der Waals surface area contributed by atoms with E-state index in [0.717, 1.165) is 36.3 Å². The standard InChI is InChI=1S/C24H31N7O5/c1-34-17-36-22-5-3-2-4-19(22)21-14-20(23(25)28-27-21)18-15-26-31(16-18)11-13-35-12-10-29-6-8-30(9-7-29)24(32)33/h2-5,14-16H,6-13,17H2,1H3,(H2,25,28)(H,32,33). The van der Waals surface area contributed by atoms with Gasteiger partial charge in [-0.2, -0.15) is 5.10 Å². The maximum absolute atomic E-state index is 11.0. The lowest BCUT2D eigenvalue weighted by molar-refractivity contribution is 0.0515. The van der Waals surface area contributed by atoms with Crippen molar-refractivity contribution in [3.8, 4) is 28.1 Å². The molecule has 0 atom stereocenters. The highest BCUT2D eigenvalue weighted by Crippen LogP contribution is 2.32. The highest BCUT2D eigenvalue weighted by atomic mass is 16.7. The van der Waals surface area contributed by atoms with Gasteiger partial charge < -0.3 is 30.0 Å². The SMILES string of the molecule is COCOc1ccccc1-c1cc(-c2cnn(CCOCCN3CCN(C(=O)O)CC3)c2)c(N)nn1. The number of methoxy groups -OCH3 is 1. The molecule has 3 heterocycles. The molecular weight excluding hydrogens is 466 g/mol. The van der Waals surface area contributed by atoms with Crippen molar-refractivity contribution < 1.29 is 24.1 Å². The van der Waals surface area contributed by atoms with Crippen molar-refractivity contribution in [2.75, 3.05) is 65.6 Å². The maximum atomic E-state index is 11.0. The van der Waals surface area contributed by atoms with Crippen molar-refractivity contribution in [1.82, 2.24) is 29.8 Å².